The van der Waals surface area contributed by atoms with Crippen molar-refractivity contribution in [2.24, 2.45) is 11.5 Å². The average molecular weight is 345 g/mol. The Hall–Kier alpha value is -1.40. The van der Waals surface area contributed by atoms with Gasteiger partial charge in [-0.15, -0.1) is 0 Å². The fraction of sp³-hybridized carbons (Fsp3) is 0.385. The first kappa shape index (κ1) is 16.7. The average Bonchev–Trinajstić information content (AvgIpc) is 2.42. The first-order chi connectivity index (χ1) is 9.50. The van der Waals surface area contributed by atoms with Gasteiger partial charge in [-0.05, 0) is 0 Å². The van der Waals surface area contributed by atoms with Crippen molar-refractivity contribution in [1.82, 2.24) is 0 Å². The summed E-state index contributed by atoms with van der Waals surface area (Å²) in [6.07, 6.45) is -1.06. The summed E-state index contributed by atoms with van der Waals surface area (Å²) in [5.74, 6) is -1.86. The molecule has 0 heterocycles. The van der Waals surface area contributed by atoms with Crippen LogP contribution in [0.1, 0.15) is 6.42 Å². The maximum absolute atomic E-state index is 11.2. The summed E-state index contributed by atoms with van der Waals surface area (Å²) in [6, 6.07) is 8.81. The number of hydrogen-bond acceptors (Lipinski definition) is 4. The molecule has 1 amide bonds. The molecular formula is C13H18N2O4Se. The Bertz CT molecular complexity index is 441. The SMILES string of the molecule is NC(=O)C(CC(N)C(=O)O)OCC[Se]c1ccccc1. The van der Waals surface area contributed by atoms with E-state index in [1.54, 1.807) is 0 Å². The Morgan fingerprint density at radius 2 is 1.95 bits per heavy atom. The predicted octanol–water partition coefficient (Wildman–Crippen LogP) is -0.893. The van der Waals surface area contributed by atoms with E-state index in [0.717, 1.165) is 5.32 Å². The van der Waals surface area contributed by atoms with Crippen LogP contribution in [0.5, 0.6) is 0 Å². The van der Waals surface area contributed by atoms with Crippen LogP contribution in [0.15, 0.2) is 30.3 Å². The van der Waals surface area contributed by atoms with E-state index in [2.05, 4.69) is 0 Å². The van der Waals surface area contributed by atoms with Gasteiger partial charge in [0.1, 0.15) is 0 Å². The number of carboxylic acid groups (broad SMARTS) is 1. The minimum atomic E-state index is -1.17. The van der Waals surface area contributed by atoms with Crippen molar-refractivity contribution >= 4 is 31.3 Å². The molecule has 0 fully saturated rings. The normalized spacial score (nSPS) is 13.7. The van der Waals surface area contributed by atoms with Crippen molar-refractivity contribution in [2.75, 3.05) is 6.61 Å². The third-order valence-electron chi connectivity index (χ3n) is 2.52. The molecule has 0 radical (unpaired) electrons. The second-order valence-electron chi connectivity index (χ2n) is 4.10. The molecule has 0 aromatic heterocycles. The van der Waals surface area contributed by atoms with Crippen molar-refractivity contribution < 1.29 is 19.4 Å². The van der Waals surface area contributed by atoms with Crippen LogP contribution in [-0.2, 0) is 14.3 Å². The molecule has 20 heavy (non-hydrogen) atoms. The molecular weight excluding hydrogens is 327 g/mol. The van der Waals surface area contributed by atoms with Crippen molar-refractivity contribution in [3.63, 3.8) is 0 Å². The van der Waals surface area contributed by atoms with E-state index in [9.17, 15) is 9.59 Å². The van der Waals surface area contributed by atoms with Crippen molar-refractivity contribution in [1.29, 1.82) is 0 Å². The molecule has 1 aromatic carbocycles. The summed E-state index contributed by atoms with van der Waals surface area (Å²) < 4.78 is 6.58. The molecule has 110 valence electrons. The van der Waals surface area contributed by atoms with Crippen molar-refractivity contribution in [3.8, 4) is 0 Å². The second-order valence-corrected chi connectivity index (χ2v) is 6.55. The summed E-state index contributed by atoms with van der Waals surface area (Å²) in [5, 5.41) is 9.48. The molecule has 1 aromatic rings. The molecule has 0 saturated carbocycles. The van der Waals surface area contributed by atoms with Crippen LogP contribution in [-0.4, -0.2) is 50.7 Å². The molecule has 0 saturated heterocycles. The Morgan fingerprint density at radius 3 is 2.50 bits per heavy atom. The molecule has 0 aliphatic rings. The zero-order valence-corrected chi connectivity index (χ0v) is 12.6. The summed E-state index contributed by atoms with van der Waals surface area (Å²) in [6.45, 7) is 0.356. The number of aliphatic carboxylic acids is 1. The van der Waals surface area contributed by atoms with Crippen molar-refractivity contribution in [2.45, 2.75) is 23.9 Å². The molecule has 0 aliphatic carbocycles. The fourth-order valence-electron chi connectivity index (χ4n) is 1.46. The van der Waals surface area contributed by atoms with E-state index in [1.807, 2.05) is 30.3 Å². The van der Waals surface area contributed by atoms with E-state index in [-0.39, 0.29) is 21.4 Å². The topological polar surface area (TPSA) is 116 Å². The van der Waals surface area contributed by atoms with Gasteiger partial charge >= 0.3 is 123 Å². The van der Waals surface area contributed by atoms with Gasteiger partial charge in [0.15, 0.2) is 0 Å². The number of hydrogen-bond donors (Lipinski definition) is 3. The number of nitrogens with two attached hydrogens (primary N) is 2. The van der Waals surface area contributed by atoms with Crippen molar-refractivity contribution in [3.05, 3.63) is 30.3 Å². The van der Waals surface area contributed by atoms with Crippen LogP contribution >= 0.6 is 0 Å². The molecule has 1 rings (SSSR count). The number of amides is 1. The van der Waals surface area contributed by atoms with Crippen LogP contribution in [0.4, 0.5) is 0 Å². The van der Waals surface area contributed by atoms with Crippen LogP contribution in [0, 0.1) is 0 Å². The summed E-state index contributed by atoms with van der Waals surface area (Å²) in [4.78, 5) is 21.8. The second kappa shape index (κ2) is 8.71. The standard InChI is InChI=1S/C13H18N2O4Se/c14-10(13(17)18)8-11(12(15)16)19-6-7-20-9-4-2-1-3-5-9/h1-5,10-11H,6-8,14H2,(H2,15,16)(H,17,18). The van der Waals surface area contributed by atoms with E-state index in [1.165, 1.54) is 4.46 Å². The predicted molar refractivity (Wildman–Crippen MR) is 75.8 cm³/mol. The first-order valence-corrected chi connectivity index (χ1v) is 8.14. The zero-order valence-electron chi connectivity index (χ0n) is 10.9. The molecule has 7 heteroatoms. The quantitative estimate of drug-likeness (QED) is 0.397. The van der Waals surface area contributed by atoms with E-state index in [0.29, 0.717) is 6.61 Å². The molecule has 0 aliphatic heterocycles. The Kier molecular flexibility index (Phi) is 7.25. The number of carbonyl (C=O) groups is 2. The summed E-state index contributed by atoms with van der Waals surface area (Å²) >= 11 is 0.248. The Morgan fingerprint density at radius 1 is 1.30 bits per heavy atom. The van der Waals surface area contributed by atoms with E-state index in [4.69, 9.17) is 21.3 Å². The van der Waals surface area contributed by atoms with Crippen LogP contribution < -0.4 is 15.9 Å². The number of benzene rings is 1. The maximum atomic E-state index is 11.2. The number of ether oxygens (including phenoxy) is 1. The van der Waals surface area contributed by atoms with Gasteiger partial charge in [0.05, 0.1) is 0 Å². The van der Waals surface area contributed by atoms with E-state index < -0.39 is 24.0 Å². The molecule has 0 bridgehead atoms. The zero-order chi connectivity index (χ0) is 15.0. The van der Waals surface area contributed by atoms with Gasteiger partial charge in [0, 0.05) is 0 Å². The van der Waals surface area contributed by atoms with Gasteiger partial charge in [-0.2, -0.15) is 0 Å². The van der Waals surface area contributed by atoms with Gasteiger partial charge in [-0.25, -0.2) is 0 Å². The third kappa shape index (κ3) is 6.16. The van der Waals surface area contributed by atoms with Gasteiger partial charge in [-0.1, -0.05) is 0 Å². The fourth-order valence-corrected chi connectivity index (χ4v) is 3.07. The van der Waals surface area contributed by atoms with Crippen LogP contribution in [0.2, 0.25) is 5.32 Å². The van der Waals surface area contributed by atoms with Gasteiger partial charge in [0.25, 0.3) is 0 Å². The van der Waals surface area contributed by atoms with Crippen LogP contribution in [0.3, 0.4) is 0 Å². The Labute approximate surface area is 123 Å². The molecule has 2 atom stereocenters. The van der Waals surface area contributed by atoms with Crippen LogP contribution in [0.25, 0.3) is 0 Å². The van der Waals surface area contributed by atoms with E-state index >= 15 is 0 Å². The molecule has 2 unspecified atom stereocenters. The van der Waals surface area contributed by atoms with Gasteiger partial charge in [-0.3, -0.25) is 0 Å². The summed E-state index contributed by atoms with van der Waals surface area (Å²) in [7, 11) is 0. The molecule has 0 spiro atoms. The third-order valence-corrected chi connectivity index (χ3v) is 4.57. The number of carboxylic acids is 1. The monoisotopic (exact) mass is 346 g/mol. The first-order valence-electron chi connectivity index (χ1n) is 6.08. The van der Waals surface area contributed by atoms with Gasteiger partial charge in [0.2, 0.25) is 0 Å². The molecule has 6 nitrogen and oxygen atoms in total. The number of carbonyl (C=O) groups excluding carboxylic acids is 1. The Balaban J connectivity index is 2.32. The minimum absolute atomic E-state index is 0.108. The number of primary amides is 1. The summed E-state index contributed by atoms with van der Waals surface area (Å²) in [5.41, 5.74) is 10.5. The molecule has 5 N–H and O–H groups in total. The van der Waals surface area contributed by atoms with Gasteiger partial charge < -0.3 is 0 Å². The number of rotatable bonds is 9.